The molecule has 0 saturated carbocycles. The first-order chi connectivity index (χ1) is 10.1. The van der Waals surface area contributed by atoms with Crippen LogP contribution in [0, 0.1) is 5.41 Å². The van der Waals surface area contributed by atoms with Crippen LogP contribution in [0.3, 0.4) is 0 Å². The molecule has 3 rings (SSSR count). The third-order valence-electron chi connectivity index (χ3n) is 4.57. The van der Waals surface area contributed by atoms with Crippen LogP contribution in [0.2, 0.25) is 0 Å². The highest BCUT2D eigenvalue weighted by Gasteiger charge is 2.44. The van der Waals surface area contributed by atoms with Gasteiger partial charge in [-0.15, -0.1) is 0 Å². The van der Waals surface area contributed by atoms with E-state index in [1.165, 1.54) is 0 Å². The van der Waals surface area contributed by atoms with E-state index in [4.69, 9.17) is 0 Å². The lowest BCUT2D eigenvalue weighted by molar-refractivity contribution is -0.148. The van der Waals surface area contributed by atoms with Crippen LogP contribution in [0.15, 0.2) is 30.5 Å². The van der Waals surface area contributed by atoms with Crippen molar-refractivity contribution in [2.75, 3.05) is 13.1 Å². The zero-order chi connectivity index (χ0) is 15.0. The Morgan fingerprint density at radius 2 is 2.19 bits per heavy atom. The van der Waals surface area contributed by atoms with Gasteiger partial charge in [0.15, 0.2) is 0 Å². The van der Waals surface area contributed by atoms with Gasteiger partial charge in [0.25, 0.3) is 5.91 Å². The van der Waals surface area contributed by atoms with Crippen LogP contribution in [0.1, 0.15) is 30.1 Å². The molecular formula is C16H18N2O3. The van der Waals surface area contributed by atoms with E-state index in [9.17, 15) is 14.7 Å². The molecule has 110 valence electrons. The van der Waals surface area contributed by atoms with Gasteiger partial charge in [0.05, 0.1) is 5.41 Å². The molecule has 1 unspecified atom stereocenters. The molecule has 1 saturated heterocycles. The molecule has 1 atom stereocenters. The highest BCUT2D eigenvalue weighted by molar-refractivity contribution is 5.98. The van der Waals surface area contributed by atoms with E-state index in [1.807, 2.05) is 31.3 Å². The molecule has 2 N–H and O–H groups in total. The van der Waals surface area contributed by atoms with Crippen LogP contribution in [-0.4, -0.2) is 40.0 Å². The fourth-order valence-electron chi connectivity index (χ4n) is 3.02. The number of aliphatic carboxylic acids is 1. The van der Waals surface area contributed by atoms with Gasteiger partial charge < -0.3 is 15.0 Å². The number of fused-ring (bicyclic) bond motifs is 1. The number of carboxylic acids is 1. The highest BCUT2D eigenvalue weighted by Crippen LogP contribution is 2.35. The molecule has 5 heteroatoms. The molecular weight excluding hydrogens is 268 g/mol. The van der Waals surface area contributed by atoms with Crippen LogP contribution < -0.4 is 0 Å². The van der Waals surface area contributed by atoms with Crippen molar-refractivity contribution >= 4 is 22.8 Å². The number of nitrogens with one attached hydrogen (secondary N) is 1. The molecule has 21 heavy (non-hydrogen) atoms. The number of H-pyrrole nitrogens is 1. The fourth-order valence-corrected chi connectivity index (χ4v) is 3.02. The Morgan fingerprint density at radius 1 is 1.38 bits per heavy atom. The number of nitrogens with zero attached hydrogens (tertiary/aromatic N) is 1. The minimum atomic E-state index is -0.805. The number of aromatic amines is 1. The second-order valence-corrected chi connectivity index (χ2v) is 5.70. The first kappa shape index (κ1) is 13.7. The Morgan fingerprint density at radius 3 is 2.86 bits per heavy atom. The molecule has 2 heterocycles. The summed E-state index contributed by atoms with van der Waals surface area (Å²) in [6.45, 7) is 2.66. The molecule has 0 radical (unpaired) electrons. The zero-order valence-electron chi connectivity index (χ0n) is 11.9. The number of likely N-dealkylation sites (tertiary alicyclic amines) is 1. The van der Waals surface area contributed by atoms with E-state index >= 15 is 0 Å². The Kier molecular flexibility index (Phi) is 3.20. The summed E-state index contributed by atoms with van der Waals surface area (Å²) < 4.78 is 0. The third-order valence-corrected chi connectivity index (χ3v) is 4.57. The van der Waals surface area contributed by atoms with Gasteiger partial charge in [-0.25, -0.2) is 0 Å². The summed E-state index contributed by atoms with van der Waals surface area (Å²) >= 11 is 0. The van der Waals surface area contributed by atoms with Crippen LogP contribution in [-0.2, 0) is 4.79 Å². The van der Waals surface area contributed by atoms with Crippen LogP contribution in [0.25, 0.3) is 10.9 Å². The topological polar surface area (TPSA) is 73.4 Å². The van der Waals surface area contributed by atoms with Gasteiger partial charge in [-0.3, -0.25) is 9.59 Å². The van der Waals surface area contributed by atoms with Gasteiger partial charge in [0.1, 0.15) is 0 Å². The SMILES string of the molecule is CCC1(C(=O)O)CCN(C(=O)c2ccc3cc[nH]c3c2)C1. The lowest BCUT2D eigenvalue weighted by atomic mass is 9.84. The van der Waals surface area contributed by atoms with Gasteiger partial charge in [-0.05, 0) is 36.4 Å². The number of benzene rings is 1. The molecule has 0 spiro atoms. The maximum atomic E-state index is 12.6. The van der Waals surface area contributed by atoms with Crippen molar-refractivity contribution in [2.24, 2.45) is 5.41 Å². The van der Waals surface area contributed by atoms with Crippen molar-refractivity contribution in [3.63, 3.8) is 0 Å². The van der Waals surface area contributed by atoms with Crippen molar-refractivity contribution in [3.8, 4) is 0 Å². The van der Waals surface area contributed by atoms with E-state index in [-0.39, 0.29) is 5.91 Å². The van der Waals surface area contributed by atoms with Gasteiger partial charge in [0, 0.05) is 30.4 Å². The average molecular weight is 286 g/mol. The number of carboxylic acid groups (broad SMARTS) is 1. The largest absolute Gasteiger partial charge is 0.481 e. The molecule has 0 bridgehead atoms. The first-order valence-electron chi connectivity index (χ1n) is 7.15. The minimum Gasteiger partial charge on any atom is -0.481 e. The Balaban J connectivity index is 1.84. The van der Waals surface area contributed by atoms with Gasteiger partial charge >= 0.3 is 5.97 Å². The Labute approximate surface area is 122 Å². The second-order valence-electron chi connectivity index (χ2n) is 5.70. The second kappa shape index (κ2) is 4.91. The molecule has 0 aliphatic carbocycles. The summed E-state index contributed by atoms with van der Waals surface area (Å²) in [5.74, 6) is -0.900. The number of hydrogen-bond donors (Lipinski definition) is 2. The maximum absolute atomic E-state index is 12.6. The van der Waals surface area contributed by atoms with Crippen molar-refractivity contribution in [1.29, 1.82) is 0 Å². The van der Waals surface area contributed by atoms with E-state index in [1.54, 1.807) is 11.0 Å². The summed E-state index contributed by atoms with van der Waals surface area (Å²) in [7, 11) is 0. The van der Waals surface area contributed by atoms with Crippen molar-refractivity contribution < 1.29 is 14.7 Å². The summed E-state index contributed by atoms with van der Waals surface area (Å²) in [5.41, 5.74) is 0.730. The summed E-state index contributed by atoms with van der Waals surface area (Å²) in [6.07, 6.45) is 2.90. The molecule has 1 aliphatic rings. The predicted molar refractivity (Wildman–Crippen MR) is 79.2 cm³/mol. The number of aromatic nitrogens is 1. The maximum Gasteiger partial charge on any atom is 0.311 e. The number of hydrogen-bond acceptors (Lipinski definition) is 2. The standard InChI is InChI=1S/C16H18N2O3/c1-2-16(15(20)21)6-8-18(10-16)14(19)12-4-3-11-5-7-17-13(11)9-12/h3-5,7,9,17H,2,6,8,10H2,1H3,(H,20,21). The van der Waals surface area contributed by atoms with Crippen LogP contribution in [0.4, 0.5) is 0 Å². The molecule has 1 aromatic heterocycles. The first-order valence-corrected chi connectivity index (χ1v) is 7.15. The summed E-state index contributed by atoms with van der Waals surface area (Å²) in [6, 6.07) is 7.47. The van der Waals surface area contributed by atoms with E-state index < -0.39 is 11.4 Å². The third kappa shape index (κ3) is 2.18. The Bertz CT molecular complexity index is 706. The number of amides is 1. The minimum absolute atomic E-state index is 0.0944. The lowest BCUT2D eigenvalue weighted by Crippen LogP contribution is -2.36. The van der Waals surface area contributed by atoms with Gasteiger partial charge in [0.2, 0.25) is 0 Å². The fraction of sp³-hybridized carbons (Fsp3) is 0.375. The van der Waals surface area contributed by atoms with E-state index in [0.29, 0.717) is 31.5 Å². The van der Waals surface area contributed by atoms with Gasteiger partial charge in [-0.1, -0.05) is 13.0 Å². The number of carbonyl (C=O) groups excluding carboxylic acids is 1. The lowest BCUT2D eigenvalue weighted by Gasteiger charge is -2.23. The van der Waals surface area contributed by atoms with Crippen molar-refractivity contribution in [2.45, 2.75) is 19.8 Å². The van der Waals surface area contributed by atoms with Gasteiger partial charge in [-0.2, -0.15) is 0 Å². The quantitative estimate of drug-likeness (QED) is 0.910. The monoisotopic (exact) mass is 286 g/mol. The predicted octanol–water partition coefficient (Wildman–Crippen LogP) is 2.49. The normalized spacial score (nSPS) is 21.9. The molecule has 1 fully saturated rings. The van der Waals surface area contributed by atoms with E-state index in [0.717, 1.165) is 10.9 Å². The molecule has 2 aromatic rings. The van der Waals surface area contributed by atoms with Crippen LogP contribution >= 0.6 is 0 Å². The van der Waals surface area contributed by atoms with Crippen molar-refractivity contribution in [1.82, 2.24) is 9.88 Å². The van der Waals surface area contributed by atoms with Crippen LogP contribution in [0.5, 0.6) is 0 Å². The number of carbonyl (C=O) groups is 2. The van der Waals surface area contributed by atoms with Crippen molar-refractivity contribution in [3.05, 3.63) is 36.0 Å². The molecule has 1 aromatic carbocycles. The zero-order valence-corrected chi connectivity index (χ0v) is 11.9. The smallest absolute Gasteiger partial charge is 0.311 e. The van der Waals surface area contributed by atoms with E-state index in [2.05, 4.69) is 4.98 Å². The molecule has 1 amide bonds. The summed E-state index contributed by atoms with van der Waals surface area (Å²) in [4.78, 5) is 28.8. The highest BCUT2D eigenvalue weighted by atomic mass is 16.4. The summed E-state index contributed by atoms with van der Waals surface area (Å²) in [5, 5.41) is 10.5. The Hall–Kier alpha value is -2.30. The molecule has 1 aliphatic heterocycles. The molecule has 5 nitrogen and oxygen atoms in total. The average Bonchev–Trinajstić information content (AvgIpc) is 3.13. The number of rotatable bonds is 3.